The van der Waals surface area contributed by atoms with Crippen LogP contribution in [0.4, 0.5) is 4.79 Å². The summed E-state index contributed by atoms with van der Waals surface area (Å²) in [6.07, 6.45) is 12.1. The highest BCUT2D eigenvalue weighted by molar-refractivity contribution is 5.92. The van der Waals surface area contributed by atoms with Crippen molar-refractivity contribution in [1.82, 2.24) is 15.5 Å². The Bertz CT molecular complexity index is 953. The summed E-state index contributed by atoms with van der Waals surface area (Å²) >= 11 is 0. The van der Waals surface area contributed by atoms with E-state index in [4.69, 9.17) is 11.2 Å². The number of terminal acetylenes is 1. The van der Waals surface area contributed by atoms with Crippen LogP contribution in [0.3, 0.4) is 0 Å². The predicted molar refractivity (Wildman–Crippen MR) is 151 cm³/mol. The van der Waals surface area contributed by atoms with Crippen LogP contribution in [0.1, 0.15) is 110 Å². The van der Waals surface area contributed by atoms with Gasteiger partial charge in [0.15, 0.2) is 0 Å². The van der Waals surface area contributed by atoms with E-state index in [9.17, 15) is 14.4 Å². The Balaban J connectivity index is 2.46. The first kappa shape index (κ1) is 31.2. The molecule has 1 aromatic rings. The number of nitrogens with one attached hydrogen (secondary N) is 2. The Hall–Kier alpha value is -3.01. The largest absolute Gasteiger partial charge is 0.444 e. The number of carbonyl (C=O) groups is 3. The normalized spacial score (nSPS) is 15.7. The van der Waals surface area contributed by atoms with Crippen molar-refractivity contribution >= 4 is 17.9 Å². The number of ether oxygens (including phenoxy) is 1. The number of unbranched alkanes of at least 4 members (excludes halogenated alkanes) is 1. The lowest BCUT2D eigenvalue weighted by Crippen LogP contribution is -2.54. The van der Waals surface area contributed by atoms with Crippen LogP contribution in [0.25, 0.3) is 0 Å². The van der Waals surface area contributed by atoms with Crippen LogP contribution < -0.4 is 10.6 Å². The lowest BCUT2D eigenvalue weighted by Gasteiger charge is -2.36. The zero-order valence-corrected chi connectivity index (χ0v) is 24.1. The average Bonchev–Trinajstić information content (AvgIpc) is 2.85. The van der Waals surface area contributed by atoms with Crippen molar-refractivity contribution in [3.63, 3.8) is 0 Å². The number of hydrogen-bond donors (Lipinski definition) is 2. The fraction of sp³-hybridized carbons (Fsp3) is 0.645. The molecule has 0 saturated heterocycles. The van der Waals surface area contributed by atoms with Gasteiger partial charge in [-0.1, -0.05) is 64.5 Å². The smallest absolute Gasteiger partial charge is 0.408 e. The molecule has 2 N–H and O–H groups in total. The molecule has 3 amide bonds. The second kappa shape index (κ2) is 14.8. The molecule has 0 aliphatic heterocycles. The first-order chi connectivity index (χ1) is 17.9. The summed E-state index contributed by atoms with van der Waals surface area (Å²) in [5, 5.41) is 6.02. The van der Waals surface area contributed by atoms with Crippen LogP contribution in [0.2, 0.25) is 0 Å². The minimum atomic E-state index is -0.835. The number of hydrogen-bond acceptors (Lipinski definition) is 4. The van der Waals surface area contributed by atoms with Crippen molar-refractivity contribution in [3.05, 3.63) is 35.4 Å². The van der Waals surface area contributed by atoms with Crippen molar-refractivity contribution in [2.24, 2.45) is 5.92 Å². The first-order valence-electron chi connectivity index (χ1n) is 14.1. The van der Waals surface area contributed by atoms with E-state index in [2.05, 4.69) is 16.6 Å². The third-order valence-corrected chi connectivity index (χ3v) is 6.64. The molecule has 2 rings (SSSR count). The van der Waals surface area contributed by atoms with Gasteiger partial charge in [-0.15, -0.1) is 6.42 Å². The SMILES string of the molecule is C#Cc1ccc(C(C(=O)NC2CCCCC2)N(CCCC)C(=O)C(CC(C)C)NC(=O)OC(C)(C)C)cc1. The molecule has 38 heavy (non-hydrogen) atoms. The van der Waals surface area contributed by atoms with Crippen LogP contribution in [0.5, 0.6) is 0 Å². The van der Waals surface area contributed by atoms with E-state index in [-0.39, 0.29) is 23.8 Å². The van der Waals surface area contributed by atoms with E-state index in [1.54, 1.807) is 37.8 Å². The van der Waals surface area contributed by atoms with Crippen molar-refractivity contribution in [2.45, 2.75) is 117 Å². The molecular formula is C31H47N3O4. The number of nitrogens with zero attached hydrogens (tertiary/aromatic N) is 1. The fourth-order valence-corrected chi connectivity index (χ4v) is 4.80. The van der Waals surface area contributed by atoms with E-state index in [1.165, 1.54) is 6.42 Å². The molecule has 0 radical (unpaired) electrons. The van der Waals surface area contributed by atoms with Crippen molar-refractivity contribution in [2.75, 3.05) is 6.54 Å². The molecule has 2 atom stereocenters. The summed E-state index contributed by atoms with van der Waals surface area (Å²) in [7, 11) is 0. The highest BCUT2D eigenvalue weighted by Gasteiger charge is 2.37. The maximum absolute atomic E-state index is 14.2. The molecule has 0 spiro atoms. The van der Waals surface area contributed by atoms with E-state index >= 15 is 0 Å². The van der Waals surface area contributed by atoms with Crippen LogP contribution >= 0.6 is 0 Å². The topological polar surface area (TPSA) is 87.7 Å². The van der Waals surface area contributed by atoms with Gasteiger partial charge in [0.05, 0.1) is 0 Å². The number of carbonyl (C=O) groups excluding carboxylic acids is 3. The lowest BCUT2D eigenvalue weighted by molar-refractivity contribution is -0.143. The number of alkyl carbamates (subject to hydrolysis) is 1. The van der Waals surface area contributed by atoms with Gasteiger partial charge >= 0.3 is 6.09 Å². The van der Waals surface area contributed by atoms with Gasteiger partial charge in [0.1, 0.15) is 17.7 Å². The zero-order chi connectivity index (χ0) is 28.3. The van der Waals surface area contributed by atoms with E-state index < -0.39 is 23.8 Å². The Morgan fingerprint density at radius 1 is 1.11 bits per heavy atom. The van der Waals surface area contributed by atoms with Crippen molar-refractivity contribution in [1.29, 1.82) is 0 Å². The maximum Gasteiger partial charge on any atom is 0.408 e. The van der Waals surface area contributed by atoms with Crippen LogP contribution in [-0.2, 0) is 14.3 Å². The second-order valence-corrected chi connectivity index (χ2v) is 11.7. The molecular weight excluding hydrogens is 478 g/mol. The second-order valence-electron chi connectivity index (χ2n) is 11.7. The molecule has 2 unspecified atom stereocenters. The Kier molecular flexibility index (Phi) is 12.2. The van der Waals surface area contributed by atoms with Crippen molar-refractivity contribution < 1.29 is 19.1 Å². The van der Waals surface area contributed by atoms with Gasteiger partial charge in [-0.25, -0.2) is 4.79 Å². The predicted octanol–water partition coefficient (Wildman–Crippen LogP) is 5.73. The van der Waals surface area contributed by atoms with E-state index in [0.717, 1.165) is 38.5 Å². The molecule has 1 fully saturated rings. The third-order valence-electron chi connectivity index (χ3n) is 6.64. The molecule has 0 bridgehead atoms. The molecule has 7 nitrogen and oxygen atoms in total. The molecule has 1 saturated carbocycles. The summed E-state index contributed by atoms with van der Waals surface area (Å²) in [5.74, 6) is 2.26. The van der Waals surface area contributed by atoms with E-state index in [1.807, 2.05) is 32.9 Å². The minimum Gasteiger partial charge on any atom is -0.444 e. The Morgan fingerprint density at radius 2 is 1.74 bits per heavy atom. The fourth-order valence-electron chi connectivity index (χ4n) is 4.80. The Labute approximate surface area is 229 Å². The molecule has 1 aromatic carbocycles. The zero-order valence-electron chi connectivity index (χ0n) is 24.1. The summed E-state index contributed by atoms with van der Waals surface area (Å²) in [6.45, 7) is 11.8. The highest BCUT2D eigenvalue weighted by Crippen LogP contribution is 2.26. The van der Waals surface area contributed by atoms with Gasteiger partial charge in [0.25, 0.3) is 0 Å². The highest BCUT2D eigenvalue weighted by atomic mass is 16.6. The van der Waals surface area contributed by atoms with Gasteiger partial charge in [0.2, 0.25) is 11.8 Å². The van der Waals surface area contributed by atoms with Gasteiger partial charge < -0.3 is 20.3 Å². The van der Waals surface area contributed by atoms with Crippen molar-refractivity contribution in [3.8, 4) is 12.3 Å². The summed E-state index contributed by atoms with van der Waals surface area (Å²) in [6, 6.07) is 5.68. The third kappa shape index (κ3) is 10.0. The van der Waals surface area contributed by atoms with E-state index in [0.29, 0.717) is 24.1 Å². The van der Waals surface area contributed by atoms with Crippen LogP contribution in [-0.4, -0.2) is 47.0 Å². The van der Waals surface area contributed by atoms with Crippen LogP contribution in [0, 0.1) is 18.3 Å². The number of rotatable bonds is 11. The number of amides is 3. The summed E-state index contributed by atoms with van der Waals surface area (Å²) in [5.41, 5.74) is 0.705. The molecule has 210 valence electrons. The quantitative estimate of drug-likeness (QED) is 0.362. The standard InChI is InChI=1S/C31H47N3O4/c1-8-10-20-34(29(36)26(21-22(3)4)33-30(37)38-31(5,6)7)27(24-18-16-23(9-2)17-19-24)28(35)32-25-14-12-11-13-15-25/h2,16-19,22,25-27H,8,10-15,20-21H2,1,3-7H3,(H,32,35)(H,33,37). The summed E-state index contributed by atoms with van der Waals surface area (Å²) < 4.78 is 5.46. The summed E-state index contributed by atoms with van der Waals surface area (Å²) in [4.78, 5) is 42.4. The average molecular weight is 526 g/mol. The minimum absolute atomic E-state index is 0.0956. The van der Waals surface area contributed by atoms with Gasteiger partial charge in [0, 0.05) is 18.2 Å². The Morgan fingerprint density at radius 3 is 2.26 bits per heavy atom. The van der Waals surface area contributed by atoms with Gasteiger partial charge in [-0.3, -0.25) is 9.59 Å². The molecule has 7 heteroatoms. The van der Waals surface area contributed by atoms with Gasteiger partial charge in [-0.2, -0.15) is 0 Å². The molecule has 1 aliphatic rings. The molecule has 1 aliphatic carbocycles. The monoisotopic (exact) mass is 525 g/mol. The first-order valence-corrected chi connectivity index (χ1v) is 14.1. The van der Waals surface area contributed by atoms with Gasteiger partial charge in [-0.05, 0) is 70.1 Å². The maximum atomic E-state index is 14.2. The number of benzene rings is 1. The molecule has 0 heterocycles. The lowest BCUT2D eigenvalue weighted by atomic mass is 9.94. The van der Waals surface area contributed by atoms with Crippen LogP contribution in [0.15, 0.2) is 24.3 Å². The molecule has 0 aromatic heterocycles.